The van der Waals surface area contributed by atoms with E-state index in [0.717, 1.165) is 22.7 Å². The van der Waals surface area contributed by atoms with Gasteiger partial charge in [-0.3, -0.25) is 0 Å². The molecule has 1 aromatic heterocycles. The first kappa shape index (κ1) is 10.2. The molecule has 4 heteroatoms. The van der Waals surface area contributed by atoms with Crippen LogP contribution in [0.3, 0.4) is 0 Å². The van der Waals surface area contributed by atoms with E-state index in [9.17, 15) is 0 Å². The Morgan fingerprint density at radius 2 is 2.27 bits per heavy atom. The Morgan fingerprint density at radius 3 is 2.93 bits per heavy atom. The highest BCUT2D eigenvalue weighted by Gasteiger charge is 2.04. The van der Waals surface area contributed by atoms with Crippen LogP contribution >= 0.6 is 11.6 Å². The molecule has 0 atom stereocenters. The number of nitrogens with two attached hydrogens (primary N) is 1. The molecule has 0 unspecified atom stereocenters. The molecule has 0 radical (unpaired) electrons. The van der Waals surface area contributed by atoms with Crippen molar-refractivity contribution >= 4 is 11.6 Å². The summed E-state index contributed by atoms with van der Waals surface area (Å²) >= 11 is 5.94. The van der Waals surface area contributed by atoms with E-state index >= 15 is 0 Å². The van der Waals surface area contributed by atoms with Crippen molar-refractivity contribution < 1.29 is 0 Å². The number of halogens is 1. The second kappa shape index (κ2) is 4.47. The molecule has 2 aromatic rings. The topological polar surface area (TPSA) is 43.8 Å². The Labute approximate surface area is 93.5 Å². The highest BCUT2D eigenvalue weighted by atomic mass is 35.5. The number of hydrogen-bond donors (Lipinski definition) is 1. The van der Waals surface area contributed by atoms with E-state index in [4.69, 9.17) is 17.3 Å². The number of benzene rings is 1. The van der Waals surface area contributed by atoms with Crippen LogP contribution in [0.2, 0.25) is 5.02 Å². The van der Waals surface area contributed by atoms with Crippen molar-refractivity contribution in [2.45, 2.75) is 6.42 Å². The minimum Gasteiger partial charge on any atom is -0.330 e. The number of nitrogens with zero attached hydrogens (tertiary/aromatic N) is 2. The van der Waals surface area contributed by atoms with E-state index in [2.05, 4.69) is 5.10 Å². The minimum absolute atomic E-state index is 0.606. The van der Waals surface area contributed by atoms with Crippen molar-refractivity contribution in [1.82, 2.24) is 9.78 Å². The van der Waals surface area contributed by atoms with E-state index < -0.39 is 0 Å². The molecule has 3 nitrogen and oxygen atoms in total. The molecule has 0 aliphatic rings. The Kier molecular flexibility index (Phi) is 3.04. The summed E-state index contributed by atoms with van der Waals surface area (Å²) in [7, 11) is 0. The molecular formula is C11H12ClN3. The summed E-state index contributed by atoms with van der Waals surface area (Å²) < 4.78 is 1.82. The van der Waals surface area contributed by atoms with Crippen LogP contribution in [0.25, 0.3) is 5.69 Å². The van der Waals surface area contributed by atoms with Gasteiger partial charge in [0.2, 0.25) is 0 Å². The van der Waals surface area contributed by atoms with Gasteiger partial charge in [-0.2, -0.15) is 5.10 Å². The average molecular weight is 222 g/mol. The molecule has 0 amide bonds. The molecule has 0 saturated carbocycles. The molecule has 0 spiro atoms. The quantitative estimate of drug-likeness (QED) is 0.862. The zero-order valence-electron chi connectivity index (χ0n) is 8.23. The molecule has 78 valence electrons. The van der Waals surface area contributed by atoms with Gasteiger partial charge in [0.25, 0.3) is 0 Å². The maximum atomic E-state index is 5.94. The van der Waals surface area contributed by atoms with E-state index in [1.807, 2.05) is 35.1 Å². The molecule has 0 aliphatic heterocycles. The Hall–Kier alpha value is -1.32. The number of rotatable bonds is 3. The van der Waals surface area contributed by atoms with Gasteiger partial charge in [-0.1, -0.05) is 11.6 Å². The lowest BCUT2D eigenvalue weighted by Crippen LogP contribution is -2.07. The standard InChI is InChI=1S/C11H12ClN3/c12-10-2-3-11(9(8-10)4-5-13)15-7-1-6-14-15/h1-3,6-8H,4-5,13H2. The Morgan fingerprint density at radius 1 is 1.40 bits per heavy atom. The summed E-state index contributed by atoms with van der Waals surface area (Å²) in [6.07, 6.45) is 4.46. The minimum atomic E-state index is 0.606. The predicted molar refractivity (Wildman–Crippen MR) is 61.3 cm³/mol. The summed E-state index contributed by atoms with van der Waals surface area (Å²) in [6.45, 7) is 0.606. The highest BCUT2D eigenvalue weighted by molar-refractivity contribution is 6.30. The maximum absolute atomic E-state index is 5.94. The van der Waals surface area contributed by atoms with Gasteiger partial charge >= 0.3 is 0 Å². The van der Waals surface area contributed by atoms with Crippen molar-refractivity contribution in [3.8, 4) is 5.69 Å². The monoisotopic (exact) mass is 221 g/mol. The van der Waals surface area contributed by atoms with Crippen molar-refractivity contribution in [2.75, 3.05) is 6.54 Å². The second-order valence-electron chi connectivity index (χ2n) is 3.26. The van der Waals surface area contributed by atoms with Gasteiger partial charge in [0.1, 0.15) is 0 Å². The normalized spacial score (nSPS) is 10.5. The van der Waals surface area contributed by atoms with Crippen LogP contribution in [0, 0.1) is 0 Å². The van der Waals surface area contributed by atoms with Gasteiger partial charge in [0, 0.05) is 17.4 Å². The smallest absolute Gasteiger partial charge is 0.0679 e. The molecule has 2 rings (SSSR count). The van der Waals surface area contributed by atoms with Crippen molar-refractivity contribution in [1.29, 1.82) is 0 Å². The van der Waals surface area contributed by atoms with Crippen LogP contribution in [-0.4, -0.2) is 16.3 Å². The third kappa shape index (κ3) is 2.19. The van der Waals surface area contributed by atoms with Crippen LogP contribution in [0.15, 0.2) is 36.7 Å². The molecule has 1 heterocycles. The molecule has 0 fully saturated rings. The molecule has 15 heavy (non-hydrogen) atoms. The van der Waals surface area contributed by atoms with Crippen LogP contribution in [0.1, 0.15) is 5.56 Å². The fourth-order valence-electron chi connectivity index (χ4n) is 1.54. The van der Waals surface area contributed by atoms with Gasteiger partial charge in [-0.15, -0.1) is 0 Å². The first-order valence-corrected chi connectivity index (χ1v) is 5.17. The van der Waals surface area contributed by atoms with Gasteiger partial charge in [-0.25, -0.2) is 4.68 Å². The predicted octanol–water partition coefficient (Wildman–Crippen LogP) is 2.03. The summed E-state index contributed by atoms with van der Waals surface area (Å²) in [6, 6.07) is 7.64. The first-order valence-electron chi connectivity index (χ1n) is 4.80. The molecule has 1 aromatic carbocycles. The summed E-state index contributed by atoms with van der Waals surface area (Å²) in [5, 5.41) is 4.92. The highest BCUT2D eigenvalue weighted by Crippen LogP contribution is 2.19. The Bertz CT molecular complexity index is 437. The fourth-order valence-corrected chi connectivity index (χ4v) is 1.74. The fraction of sp³-hybridized carbons (Fsp3) is 0.182. The zero-order valence-corrected chi connectivity index (χ0v) is 8.98. The number of hydrogen-bond acceptors (Lipinski definition) is 2. The van der Waals surface area contributed by atoms with Gasteiger partial charge in [0.15, 0.2) is 0 Å². The molecule has 0 aliphatic carbocycles. The van der Waals surface area contributed by atoms with Crippen molar-refractivity contribution in [2.24, 2.45) is 5.73 Å². The van der Waals surface area contributed by atoms with Crippen molar-refractivity contribution in [3.63, 3.8) is 0 Å². The Balaban J connectivity index is 2.46. The summed E-state index contributed by atoms with van der Waals surface area (Å²) in [4.78, 5) is 0. The molecule has 0 saturated heterocycles. The average Bonchev–Trinajstić information content (AvgIpc) is 2.71. The van der Waals surface area contributed by atoms with Crippen molar-refractivity contribution in [3.05, 3.63) is 47.2 Å². The molecular weight excluding hydrogens is 210 g/mol. The lowest BCUT2D eigenvalue weighted by Gasteiger charge is -2.08. The maximum Gasteiger partial charge on any atom is 0.0679 e. The van der Waals surface area contributed by atoms with E-state index in [0.29, 0.717) is 6.54 Å². The van der Waals surface area contributed by atoms with Gasteiger partial charge < -0.3 is 5.73 Å². The van der Waals surface area contributed by atoms with E-state index in [1.54, 1.807) is 6.20 Å². The van der Waals surface area contributed by atoms with E-state index in [-0.39, 0.29) is 0 Å². The van der Waals surface area contributed by atoms with Crippen LogP contribution in [-0.2, 0) is 6.42 Å². The summed E-state index contributed by atoms with van der Waals surface area (Å²) in [5.74, 6) is 0. The zero-order chi connectivity index (χ0) is 10.7. The van der Waals surface area contributed by atoms with Gasteiger partial charge in [-0.05, 0) is 42.8 Å². The molecule has 0 bridgehead atoms. The first-order chi connectivity index (χ1) is 7.31. The summed E-state index contributed by atoms with van der Waals surface area (Å²) in [5.41, 5.74) is 7.72. The third-order valence-electron chi connectivity index (χ3n) is 2.21. The second-order valence-corrected chi connectivity index (χ2v) is 3.70. The van der Waals surface area contributed by atoms with E-state index in [1.165, 1.54) is 0 Å². The third-order valence-corrected chi connectivity index (χ3v) is 2.44. The van der Waals surface area contributed by atoms with Crippen LogP contribution < -0.4 is 5.73 Å². The largest absolute Gasteiger partial charge is 0.330 e. The number of aromatic nitrogens is 2. The van der Waals surface area contributed by atoms with Gasteiger partial charge in [0.05, 0.1) is 5.69 Å². The van der Waals surface area contributed by atoms with Crippen LogP contribution in [0.5, 0.6) is 0 Å². The lowest BCUT2D eigenvalue weighted by molar-refractivity contribution is 0.851. The lowest BCUT2D eigenvalue weighted by atomic mass is 10.1. The van der Waals surface area contributed by atoms with Crippen LogP contribution in [0.4, 0.5) is 0 Å². The molecule has 2 N–H and O–H groups in total. The SMILES string of the molecule is NCCc1cc(Cl)ccc1-n1cccn1.